The smallest absolute Gasteiger partial charge is 0.339 e. The van der Waals surface area contributed by atoms with Crippen LogP contribution < -0.4 is 0 Å². The summed E-state index contributed by atoms with van der Waals surface area (Å²) in [6.07, 6.45) is 6.09. The lowest BCUT2D eigenvalue weighted by Gasteiger charge is -2.11. The molecule has 0 spiro atoms. The number of methoxy groups -OCH3 is 1. The summed E-state index contributed by atoms with van der Waals surface area (Å²) in [7, 11) is 1.29. The first-order chi connectivity index (χ1) is 6.25. The van der Waals surface area contributed by atoms with Gasteiger partial charge in [0, 0.05) is 0 Å². The number of rotatable bonds is 2. The predicted octanol–water partition coefficient (Wildman–Crippen LogP) is 1.41. The molecular formula is C10H16O3. The summed E-state index contributed by atoms with van der Waals surface area (Å²) in [5.74, 6) is -0.548. The number of ether oxygens (including phenoxy) is 1. The zero-order valence-electron chi connectivity index (χ0n) is 7.95. The average Bonchev–Trinajstić information content (AvgIpc) is 2.43. The molecule has 1 aliphatic rings. The molecule has 1 atom stereocenters. The number of hydrogen-bond donors (Lipinski definition) is 1. The second-order valence-electron chi connectivity index (χ2n) is 3.30. The molecule has 74 valence electrons. The highest BCUT2D eigenvalue weighted by Gasteiger charge is 2.20. The number of esters is 1. The molecule has 0 saturated heterocycles. The first-order valence-electron chi connectivity index (χ1n) is 4.70. The zero-order valence-corrected chi connectivity index (χ0v) is 7.95. The van der Waals surface area contributed by atoms with Gasteiger partial charge in [0.1, 0.15) is 0 Å². The molecule has 13 heavy (non-hydrogen) atoms. The van der Waals surface area contributed by atoms with Gasteiger partial charge in [0.15, 0.2) is 6.10 Å². The summed E-state index contributed by atoms with van der Waals surface area (Å²) in [6.45, 7) is 0. The third-order valence-corrected chi connectivity index (χ3v) is 2.35. The Kier molecular flexibility index (Phi) is 3.96. The van der Waals surface area contributed by atoms with E-state index in [1.807, 2.05) is 6.08 Å². The lowest BCUT2D eigenvalue weighted by molar-refractivity contribution is -0.148. The molecule has 0 bridgehead atoms. The zero-order chi connectivity index (χ0) is 9.68. The highest BCUT2D eigenvalue weighted by atomic mass is 16.5. The van der Waals surface area contributed by atoms with E-state index in [0.29, 0.717) is 0 Å². The highest BCUT2D eigenvalue weighted by Crippen LogP contribution is 2.20. The van der Waals surface area contributed by atoms with E-state index in [9.17, 15) is 9.90 Å². The summed E-state index contributed by atoms with van der Waals surface area (Å²) in [4.78, 5) is 11.0. The second kappa shape index (κ2) is 5.02. The van der Waals surface area contributed by atoms with Crippen LogP contribution in [0.5, 0.6) is 0 Å². The molecule has 1 unspecified atom stereocenters. The van der Waals surface area contributed by atoms with Crippen LogP contribution in [0.2, 0.25) is 0 Å². The lowest BCUT2D eigenvalue weighted by atomic mass is 10.1. The molecule has 0 saturated carbocycles. The number of aliphatic hydroxyl groups is 1. The van der Waals surface area contributed by atoms with Crippen molar-refractivity contribution in [3.8, 4) is 0 Å². The fraction of sp³-hybridized carbons (Fsp3) is 0.700. The summed E-state index contributed by atoms with van der Waals surface area (Å²) >= 11 is 0. The average molecular weight is 184 g/mol. The van der Waals surface area contributed by atoms with Crippen LogP contribution in [0.3, 0.4) is 0 Å². The van der Waals surface area contributed by atoms with Gasteiger partial charge in [-0.2, -0.15) is 0 Å². The molecule has 1 rings (SSSR count). The van der Waals surface area contributed by atoms with Crippen molar-refractivity contribution in [1.29, 1.82) is 0 Å². The maximum absolute atomic E-state index is 11.0. The van der Waals surface area contributed by atoms with Gasteiger partial charge in [0.25, 0.3) is 0 Å². The minimum atomic E-state index is -1.04. The Balaban J connectivity index is 2.57. The fourth-order valence-electron chi connectivity index (χ4n) is 1.55. The van der Waals surface area contributed by atoms with E-state index >= 15 is 0 Å². The maximum Gasteiger partial charge on any atom is 0.339 e. The standard InChI is InChI=1S/C10H16O3/c1-13-10(12)9(11)8-6-4-2-3-5-7-8/h6,9,11H,2-5,7H2,1H3. The molecule has 1 N–H and O–H groups in total. The van der Waals surface area contributed by atoms with Gasteiger partial charge in [-0.25, -0.2) is 4.79 Å². The SMILES string of the molecule is COC(=O)C(O)C1=CCCCCC1. The topological polar surface area (TPSA) is 46.5 Å². The molecule has 1 aliphatic carbocycles. The lowest BCUT2D eigenvalue weighted by Crippen LogP contribution is -2.23. The predicted molar refractivity (Wildman–Crippen MR) is 49.2 cm³/mol. The van der Waals surface area contributed by atoms with Crippen LogP contribution in [0.25, 0.3) is 0 Å². The maximum atomic E-state index is 11.0. The minimum absolute atomic E-state index is 0.548. The van der Waals surface area contributed by atoms with Gasteiger partial charge >= 0.3 is 5.97 Å². The monoisotopic (exact) mass is 184 g/mol. The molecule has 0 heterocycles. The quantitative estimate of drug-likeness (QED) is 0.521. The Morgan fingerprint density at radius 1 is 1.54 bits per heavy atom. The molecule has 0 aromatic rings. The van der Waals surface area contributed by atoms with Crippen LogP contribution in [0, 0.1) is 0 Å². The van der Waals surface area contributed by atoms with Gasteiger partial charge in [-0.1, -0.05) is 12.5 Å². The normalized spacial score (nSPS) is 20.0. The van der Waals surface area contributed by atoms with Gasteiger partial charge in [-0.3, -0.25) is 0 Å². The molecule has 0 aromatic heterocycles. The van der Waals surface area contributed by atoms with E-state index in [4.69, 9.17) is 0 Å². The number of hydrogen-bond acceptors (Lipinski definition) is 3. The van der Waals surface area contributed by atoms with Crippen LogP contribution in [0.1, 0.15) is 32.1 Å². The van der Waals surface area contributed by atoms with Crippen LogP contribution >= 0.6 is 0 Å². The molecule has 0 radical (unpaired) electrons. The van der Waals surface area contributed by atoms with Crippen molar-refractivity contribution >= 4 is 5.97 Å². The van der Waals surface area contributed by atoms with Crippen molar-refractivity contribution in [2.75, 3.05) is 7.11 Å². The number of aliphatic hydroxyl groups excluding tert-OH is 1. The van der Waals surface area contributed by atoms with E-state index in [1.165, 1.54) is 13.5 Å². The van der Waals surface area contributed by atoms with E-state index in [-0.39, 0.29) is 0 Å². The fourth-order valence-corrected chi connectivity index (χ4v) is 1.55. The van der Waals surface area contributed by atoms with Gasteiger partial charge in [0.05, 0.1) is 7.11 Å². The van der Waals surface area contributed by atoms with Gasteiger partial charge < -0.3 is 9.84 Å². The van der Waals surface area contributed by atoms with Crippen LogP contribution in [0.15, 0.2) is 11.6 Å². The van der Waals surface area contributed by atoms with Crippen LogP contribution in [-0.4, -0.2) is 24.3 Å². The van der Waals surface area contributed by atoms with E-state index in [0.717, 1.165) is 31.3 Å². The van der Waals surface area contributed by atoms with Crippen molar-refractivity contribution in [1.82, 2.24) is 0 Å². The number of carbonyl (C=O) groups is 1. The first kappa shape index (κ1) is 10.3. The van der Waals surface area contributed by atoms with Crippen LogP contribution in [-0.2, 0) is 9.53 Å². The number of carbonyl (C=O) groups excluding carboxylic acids is 1. The van der Waals surface area contributed by atoms with E-state index in [1.54, 1.807) is 0 Å². The molecule has 3 nitrogen and oxygen atoms in total. The van der Waals surface area contributed by atoms with Gasteiger partial charge in [-0.15, -0.1) is 0 Å². The second-order valence-corrected chi connectivity index (χ2v) is 3.30. The molecule has 0 aromatic carbocycles. The summed E-state index contributed by atoms with van der Waals surface area (Å²) in [5.41, 5.74) is 0.823. The largest absolute Gasteiger partial charge is 0.467 e. The van der Waals surface area contributed by atoms with Gasteiger partial charge in [0.2, 0.25) is 0 Å². The summed E-state index contributed by atoms with van der Waals surface area (Å²) in [6, 6.07) is 0. The number of allylic oxidation sites excluding steroid dienone is 1. The van der Waals surface area contributed by atoms with Crippen molar-refractivity contribution in [3.05, 3.63) is 11.6 Å². The minimum Gasteiger partial charge on any atom is -0.467 e. The molecule has 0 fully saturated rings. The van der Waals surface area contributed by atoms with Crippen molar-refractivity contribution in [2.45, 2.75) is 38.2 Å². The summed E-state index contributed by atoms with van der Waals surface area (Å²) in [5, 5.41) is 9.52. The van der Waals surface area contributed by atoms with E-state index < -0.39 is 12.1 Å². The Morgan fingerprint density at radius 2 is 2.31 bits per heavy atom. The molecule has 0 amide bonds. The van der Waals surface area contributed by atoms with E-state index in [2.05, 4.69) is 4.74 Å². The Bertz CT molecular complexity index is 208. The Labute approximate surface area is 78.4 Å². The van der Waals surface area contributed by atoms with Crippen molar-refractivity contribution < 1.29 is 14.6 Å². The van der Waals surface area contributed by atoms with Crippen molar-refractivity contribution in [2.24, 2.45) is 0 Å². The highest BCUT2D eigenvalue weighted by molar-refractivity contribution is 5.77. The van der Waals surface area contributed by atoms with Crippen molar-refractivity contribution in [3.63, 3.8) is 0 Å². The molecular weight excluding hydrogens is 168 g/mol. The first-order valence-corrected chi connectivity index (χ1v) is 4.70. The van der Waals surface area contributed by atoms with Gasteiger partial charge in [-0.05, 0) is 31.3 Å². The molecule has 3 heteroatoms. The Morgan fingerprint density at radius 3 is 3.00 bits per heavy atom. The third kappa shape index (κ3) is 2.84. The third-order valence-electron chi connectivity index (χ3n) is 2.35. The Hall–Kier alpha value is -0.830. The summed E-state index contributed by atoms with van der Waals surface area (Å²) < 4.78 is 4.48. The van der Waals surface area contributed by atoms with Crippen LogP contribution in [0.4, 0.5) is 0 Å². The molecule has 0 aliphatic heterocycles.